The van der Waals surface area contributed by atoms with Crippen molar-refractivity contribution in [2.45, 2.75) is 26.8 Å². The van der Waals surface area contributed by atoms with Gasteiger partial charge in [-0.2, -0.15) is 5.10 Å². The Morgan fingerprint density at radius 1 is 1.42 bits per heavy atom. The molecule has 1 aromatic heterocycles. The van der Waals surface area contributed by atoms with Crippen molar-refractivity contribution in [2.24, 2.45) is 0 Å². The summed E-state index contributed by atoms with van der Waals surface area (Å²) in [5, 5.41) is 15.8. The first-order valence-electron chi connectivity index (χ1n) is 7.29. The highest BCUT2D eigenvalue weighted by atomic mass is 35.5. The molecule has 2 N–H and O–H groups in total. The fraction of sp³-hybridized carbons (Fsp3) is 0.312. The lowest BCUT2D eigenvalue weighted by molar-refractivity contribution is -0.139. The van der Waals surface area contributed by atoms with Crippen molar-refractivity contribution in [3.8, 4) is 5.75 Å². The van der Waals surface area contributed by atoms with E-state index in [0.29, 0.717) is 11.3 Å². The number of halogens is 1. The number of aliphatic carboxylic acids is 1. The molecular weight excluding hydrogens is 334 g/mol. The molecule has 0 fully saturated rings. The van der Waals surface area contributed by atoms with Crippen LogP contribution in [0, 0.1) is 6.92 Å². The first-order valence-corrected chi connectivity index (χ1v) is 7.67. The van der Waals surface area contributed by atoms with Crippen molar-refractivity contribution in [1.29, 1.82) is 0 Å². The predicted octanol–water partition coefficient (Wildman–Crippen LogP) is 3.14. The summed E-state index contributed by atoms with van der Waals surface area (Å²) in [6, 6.07) is 4.75. The number of amides is 1. The number of aromatic nitrogens is 2. The average molecular weight is 352 g/mol. The quantitative estimate of drug-likeness (QED) is 0.833. The Kier molecular flexibility index (Phi) is 5.46. The Bertz CT molecular complexity index is 771. The molecule has 2 rings (SSSR count). The van der Waals surface area contributed by atoms with Crippen molar-refractivity contribution in [2.75, 3.05) is 11.9 Å². The molecule has 7 nitrogen and oxygen atoms in total. The maximum Gasteiger partial charge on any atom is 0.341 e. The number of nitrogens with zero attached hydrogens (tertiary/aromatic N) is 2. The summed E-state index contributed by atoms with van der Waals surface area (Å²) < 4.78 is 6.80. The molecule has 0 bridgehead atoms. The van der Waals surface area contributed by atoms with Gasteiger partial charge in [0.1, 0.15) is 5.75 Å². The van der Waals surface area contributed by atoms with E-state index in [1.165, 1.54) is 18.3 Å². The van der Waals surface area contributed by atoms with E-state index < -0.39 is 12.6 Å². The van der Waals surface area contributed by atoms with E-state index in [1.54, 1.807) is 10.7 Å². The normalized spacial score (nSPS) is 10.7. The molecule has 0 aliphatic heterocycles. The van der Waals surface area contributed by atoms with Gasteiger partial charge in [-0.25, -0.2) is 4.79 Å². The molecule has 8 heteroatoms. The highest BCUT2D eigenvalue weighted by Crippen LogP contribution is 2.28. The van der Waals surface area contributed by atoms with Gasteiger partial charge in [0.25, 0.3) is 5.91 Å². The first kappa shape index (κ1) is 17.8. The summed E-state index contributed by atoms with van der Waals surface area (Å²) in [6.45, 7) is 5.31. The molecule has 0 spiro atoms. The minimum atomic E-state index is -1.10. The highest BCUT2D eigenvalue weighted by molar-refractivity contribution is 6.32. The summed E-state index contributed by atoms with van der Waals surface area (Å²) in [6.07, 6.45) is 1.52. The Balaban J connectivity index is 2.12. The molecule has 1 aromatic carbocycles. The van der Waals surface area contributed by atoms with Crippen LogP contribution in [0.3, 0.4) is 0 Å². The Morgan fingerprint density at radius 3 is 2.67 bits per heavy atom. The second kappa shape index (κ2) is 7.35. The van der Waals surface area contributed by atoms with Crippen molar-refractivity contribution in [1.82, 2.24) is 9.78 Å². The van der Waals surface area contributed by atoms with Crippen LogP contribution >= 0.6 is 11.6 Å². The van der Waals surface area contributed by atoms with Gasteiger partial charge in [-0.3, -0.25) is 9.48 Å². The van der Waals surface area contributed by atoms with Gasteiger partial charge in [-0.05, 0) is 39.0 Å². The number of carbonyl (C=O) groups excluding carboxylic acids is 1. The lowest BCUT2D eigenvalue weighted by Crippen LogP contribution is -2.14. The lowest BCUT2D eigenvalue weighted by Gasteiger charge is -2.10. The van der Waals surface area contributed by atoms with Crippen LogP contribution in [0.15, 0.2) is 24.4 Å². The van der Waals surface area contributed by atoms with Crippen LogP contribution < -0.4 is 10.1 Å². The number of benzene rings is 1. The number of carboxylic acids is 1. The molecule has 0 aliphatic rings. The fourth-order valence-electron chi connectivity index (χ4n) is 2.20. The Hall–Kier alpha value is -2.54. The molecule has 0 radical (unpaired) electrons. The lowest BCUT2D eigenvalue weighted by atomic mass is 10.2. The van der Waals surface area contributed by atoms with E-state index in [4.69, 9.17) is 21.4 Å². The molecule has 0 saturated heterocycles. The average Bonchev–Trinajstić information content (AvgIpc) is 2.88. The molecule has 1 heterocycles. The van der Waals surface area contributed by atoms with Crippen molar-refractivity contribution in [3.05, 3.63) is 40.7 Å². The van der Waals surface area contributed by atoms with Gasteiger partial charge in [0.05, 0.1) is 16.8 Å². The largest absolute Gasteiger partial charge is 0.480 e. The minimum absolute atomic E-state index is 0.159. The molecule has 128 valence electrons. The number of anilines is 1. The molecule has 1 amide bonds. The zero-order valence-corrected chi connectivity index (χ0v) is 14.3. The Morgan fingerprint density at radius 2 is 2.12 bits per heavy atom. The third-order valence-electron chi connectivity index (χ3n) is 3.32. The van der Waals surface area contributed by atoms with E-state index in [2.05, 4.69) is 10.4 Å². The van der Waals surface area contributed by atoms with Crippen molar-refractivity contribution in [3.63, 3.8) is 0 Å². The zero-order chi connectivity index (χ0) is 17.9. The van der Waals surface area contributed by atoms with Crippen LogP contribution in [0.5, 0.6) is 5.75 Å². The number of carbonyl (C=O) groups is 2. The standard InChI is InChI=1S/C16H18ClN3O4/c1-9(2)20-10(3)12(7-18-20)16(23)19-11-4-5-14(13(17)6-11)24-8-15(21)22/h4-7,9H,8H2,1-3H3,(H,19,23)(H,21,22). The molecular formula is C16H18ClN3O4. The first-order chi connectivity index (χ1) is 11.3. The third kappa shape index (κ3) is 4.05. The third-order valence-corrected chi connectivity index (χ3v) is 3.61. The molecule has 0 unspecified atom stereocenters. The number of rotatable bonds is 6. The zero-order valence-electron chi connectivity index (χ0n) is 13.5. The van der Waals surface area contributed by atoms with Crippen LogP contribution in [0.1, 0.15) is 35.9 Å². The number of hydrogen-bond donors (Lipinski definition) is 2. The predicted molar refractivity (Wildman–Crippen MR) is 89.9 cm³/mol. The van der Waals surface area contributed by atoms with E-state index >= 15 is 0 Å². The minimum Gasteiger partial charge on any atom is -0.480 e. The van der Waals surface area contributed by atoms with Gasteiger partial charge in [-0.1, -0.05) is 11.6 Å². The summed E-state index contributed by atoms with van der Waals surface area (Å²) in [4.78, 5) is 22.9. The molecule has 24 heavy (non-hydrogen) atoms. The van der Waals surface area contributed by atoms with Crippen LogP contribution in [0.25, 0.3) is 0 Å². The smallest absolute Gasteiger partial charge is 0.341 e. The second-order valence-corrected chi connectivity index (χ2v) is 5.87. The summed E-state index contributed by atoms with van der Waals surface area (Å²) in [5.74, 6) is -1.16. The van der Waals surface area contributed by atoms with E-state index in [0.717, 1.165) is 5.69 Å². The summed E-state index contributed by atoms with van der Waals surface area (Å²) in [7, 11) is 0. The van der Waals surface area contributed by atoms with Gasteiger partial charge in [0.15, 0.2) is 6.61 Å². The highest BCUT2D eigenvalue weighted by Gasteiger charge is 2.16. The Labute approximate surface area is 144 Å². The van der Waals surface area contributed by atoms with Crippen LogP contribution in [-0.4, -0.2) is 33.4 Å². The summed E-state index contributed by atoms with van der Waals surface area (Å²) >= 11 is 6.03. The van der Waals surface area contributed by atoms with Crippen molar-refractivity contribution >= 4 is 29.2 Å². The molecule has 2 aromatic rings. The SMILES string of the molecule is Cc1c(C(=O)Nc2ccc(OCC(=O)O)c(Cl)c2)cnn1C(C)C. The fourth-order valence-corrected chi connectivity index (χ4v) is 2.44. The van der Waals surface area contributed by atoms with E-state index in [1.807, 2.05) is 20.8 Å². The van der Waals surface area contributed by atoms with Gasteiger partial charge in [-0.15, -0.1) is 0 Å². The molecule has 0 saturated carbocycles. The topological polar surface area (TPSA) is 93.4 Å². The van der Waals surface area contributed by atoms with E-state index in [9.17, 15) is 9.59 Å². The second-order valence-electron chi connectivity index (χ2n) is 5.46. The van der Waals surface area contributed by atoms with Gasteiger partial charge >= 0.3 is 5.97 Å². The number of ether oxygens (including phenoxy) is 1. The van der Waals surface area contributed by atoms with Crippen molar-refractivity contribution < 1.29 is 19.4 Å². The summed E-state index contributed by atoms with van der Waals surface area (Å²) in [5.41, 5.74) is 1.73. The van der Waals surface area contributed by atoms with Gasteiger partial charge < -0.3 is 15.2 Å². The van der Waals surface area contributed by atoms with Crippen LogP contribution in [0.4, 0.5) is 5.69 Å². The molecule has 0 aliphatic carbocycles. The van der Waals surface area contributed by atoms with Gasteiger partial charge in [0.2, 0.25) is 0 Å². The number of hydrogen-bond acceptors (Lipinski definition) is 4. The number of carboxylic acid groups (broad SMARTS) is 1. The van der Waals surface area contributed by atoms with Crippen LogP contribution in [-0.2, 0) is 4.79 Å². The maximum atomic E-state index is 12.4. The molecule has 0 atom stereocenters. The van der Waals surface area contributed by atoms with E-state index in [-0.39, 0.29) is 22.7 Å². The van der Waals surface area contributed by atoms with Crippen LogP contribution in [0.2, 0.25) is 5.02 Å². The monoisotopic (exact) mass is 351 g/mol. The maximum absolute atomic E-state index is 12.4. The number of nitrogens with one attached hydrogen (secondary N) is 1. The van der Waals surface area contributed by atoms with Gasteiger partial charge in [0, 0.05) is 17.4 Å².